The van der Waals surface area contributed by atoms with Crippen LogP contribution in [0.2, 0.25) is 0 Å². The number of benzene rings is 1. The van der Waals surface area contributed by atoms with Gasteiger partial charge in [0.05, 0.1) is 5.41 Å². The first kappa shape index (κ1) is 16.4. The van der Waals surface area contributed by atoms with E-state index in [9.17, 15) is 9.90 Å². The second-order valence-electron chi connectivity index (χ2n) is 6.57. The highest BCUT2D eigenvalue weighted by Crippen LogP contribution is 2.43. The molecule has 1 aliphatic carbocycles. The Morgan fingerprint density at radius 1 is 1.18 bits per heavy atom. The van der Waals surface area contributed by atoms with Crippen molar-refractivity contribution < 1.29 is 9.90 Å². The van der Waals surface area contributed by atoms with Gasteiger partial charge in [0.25, 0.3) is 0 Å². The molecule has 0 spiro atoms. The highest BCUT2D eigenvalue weighted by Gasteiger charge is 2.41. The summed E-state index contributed by atoms with van der Waals surface area (Å²) in [6.07, 6.45) is 7.20. The zero-order chi connectivity index (χ0) is 15.6. The van der Waals surface area contributed by atoms with Crippen LogP contribution in [0.5, 0.6) is 0 Å². The molecule has 1 aliphatic heterocycles. The van der Waals surface area contributed by atoms with Gasteiger partial charge in [0.2, 0.25) is 0 Å². The van der Waals surface area contributed by atoms with E-state index in [1.165, 1.54) is 29.9 Å². The summed E-state index contributed by atoms with van der Waals surface area (Å²) in [7, 11) is 0. The molecule has 0 bridgehead atoms. The molecule has 0 unspecified atom stereocenters. The van der Waals surface area contributed by atoms with Crippen LogP contribution in [0.15, 0.2) is 22.7 Å². The molecule has 0 radical (unpaired) electrons. The lowest BCUT2D eigenvalue weighted by Crippen LogP contribution is -2.37. The minimum Gasteiger partial charge on any atom is -0.481 e. The van der Waals surface area contributed by atoms with Crippen molar-refractivity contribution in [3.8, 4) is 0 Å². The van der Waals surface area contributed by atoms with Crippen molar-refractivity contribution in [3.63, 3.8) is 0 Å². The van der Waals surface area contributed by atoms with E-state index in [1.807, 2.05) is 11.8 Å². The fourth-order valence-corrected chi connectivity index (χ4v) is 5.75. The number of hydrogen-bond donors (Lipinski definition) is 1. The van der Waals surface area contributed by atoms with E-state index in [-0.39, 0.29) is 0 Å². The Labute approximate surface area is 145 Å². The first-order valence-corrected chi connectivity index (χ1v) is 10.2. The SMILES string of the molecule is O=C(O)C1(c2ccc(C3CCSCC3)c(Br)c2)CCCCC1. The molecule has 120 valence electrons. The van der Waals surface area contributed by atoms with Gasteiger partial charge in [-0.15, -0.1) is 0 Å². The fraction of sp³-hybridized carbons (Fsp3) is 0.611. The number of carboxylic acid groups (broad SMARTS) is 1. The van der Waals surface area contributed by atoms with Crippen LogP contribution in [-0.4, -0.2) is 22.6 Å². The van der Waals surface area contributed by atoms with Crippen molar-refractivity contribution in [2.75, 3.05) is 11.5 Å². The number of hydrogen-bond acceptors (Lipinski definition) is 2. The molecular formula is C18H23BrO2S. The van der Waals surface area contributed by atoms with Crippen LogP contribution in [0.3, 0.4) is 0 Å². The van der Waals surface area contributed by atoms with Gasteiger partial charge >= 0.3 is 5.97 Å². The molecule has 1 saturated heterocycles. The molecule has 2 fully saturated rings. The van der Waals surface area contributed by atoms with Crippen LogP contribution in [0.25, 0.3) is 0 Å². The van der Waals surface area contributed by atoms with Crippen LogP contribution in [0.4, 0.5) is 0 Å². The average Bonchev–Trinajstić information content (AvgIpc) is 2.56. The minimum absolute atomic E-state index is 0.622. The average molecular weight is 383 g/mol. The molecule has 1 aromatic carbocycles. The summed E-state index contributed by atoms with van der Waals surface area (Å²) >= 11 is 5.76. The summed E-state index contributed by atoms with van der Waals surface area (Å²) < 4.78 is 1.10. The predicted octanol–water partition coefficient (Wildman–Crippen LogP) is 5.35. The Morgan fingerprint density at radius 3 is 2.45 bits per heavy atom. The van der Waals surface area contributed by atoms with Gasteiger partial charge in [-0.05, 0) is 60.3 Å². The zero-order valence-electron chi connectivity index (χ0n) is 12.8. The second kappa shape index (κ2) is 6.96. The Kier molecular flexibility index (Phi) is 5.18. The molecule has 3 rings (SSSR count). The molecular weight excluding hydrogens is 360 g/mol. The molecule has 22 heavy (non-hydrogen) atoms. The molecule has 0 atom stereocenters. The van der Waals surface area contributed by atoms with E-state index in [0.717, 1.165) is 42.1 Å². The van der Waals surface area contributed by atoms with E-state index in [4.69, 9.17) is 0 Å². The van der Waals surface area contributed by atoms with Crippen molar-refractivity contribution in [3.05, 3.63) is 33.8 Å². The van der Waals surface area contributed by atoms with Gasteiger partial charge in [0, 0.05) is 4.47 Å². The van der Waals surface area contributed by atoms with Crippen LogP contribution in [0.1, 0.15) is 62.0 Å². The highest BCUT2D eigenvalue weighted by atomic mass is 79.9. The number of aliphatic carboxylic acids is 1. The third-order valence-corrected chi connectivity index (χ3v) is 7.07. The molecule has 1 N–H and O–H groups in total. The molecule has 1 heterocycles. The Hall–Kier alpha value is -0.480. The lowest BCUT2D eigenvalue weighted by Gasteiger charge is -2.34. The molecule has 0 aromatic heterocycles. The van der Waals surface area contributed by atoms with Gasteiger partial charge in [0.1, 0.15) is 0 Å². The summed E-state index contributed by atoms with van der Waals surface area (Å²) in [6, 6.07) is 6.36. The zero-order valence-corrected chi connectivity index (χ0v) is 15.2. The second-order valence-corrected chi connectivity index (χ2v) is 8.65. The number of halogens is 1. The third-order valence-electron chi connectivity index (χ3n) is 5.33. The summed E-state index contributed by atoms with van der Waals surface area (Å²) in [6.45, 7) is 0. The van der Waals surface area contributed by atoms with Crippen molar-refractivity contribution in [2.45, 2.75) is 56.3 Å². The molecule has 1 aromatic rings. The number of carboxylic acids is 1. The maximum absolute atomic E-state index is 12.0. The fourth-order valence-electron chi connectivity index (χ4n) is 3.95. The smallest absolute Gasteiger partial charge is 0.314 e. The molecule has 4 heteroatoms. The first-order valence-electron chi connectivity index (χ1n) is 8.24. The number of carbonyl (C=O) groups is 1. The van der Waals surface area contributed by atoms with E-state index >= 15 is 0 Å². The maximum Gasteiger partial charge on any atom is 0.314 e. The maximum atomic E-state index is 12.0. The highest BCUT2D eigenvalue weighted by molar-refractivity contribution is 9.10. The van der Waals surface area contributed by atoms with E-state index in [2.05, 4.69) is 34.1 Å². The van der Waals surface area contributed by atoms with E-state index in [1.54, 1.807) is 0 Å². The van der Waals surface area contributed by atoms with Crippen LogP contribution in [0, 0.1) is 0 Å². The van der Waals surface area contributed by atoms with E-state index in [0.29, 0.717) is 5.92 Å². The molecule has 1 saturated carbocycles. The lowest BCUT2D eigenvalue weighted by molar-refractivity contribution is -0.145. The topological polar surface area (TPSA) is 37.3 Å². The van der Waals surface area contributed by atoms with E-state index < -0.39 is 11.4 Å². The summed E-state index contributed by atoms with van der Waals surface area (Å²) in [4.78, 5) is 12.0. The first-order chi connectivity index (χ1) is 10.6. The Morgan fingerprint density at radius 2 is 1.86 bits per heavy atom. The molecule has 2 nitrogen and oxygen atoms in total. The number of rotatable bonds is 3. The van der Waals surface area contributed by atoms with Gasteiger partial charge in [0.15, 0.2) is 0 Å². The lowest BCUT2D eigenvalue weighted by atomic mass is 9.69. The summed E-state index contributed by atoms with van der Waals surface area (Å²) in [5.74, 6) is 2.44. The van der Waals surface area contributed by atoms with Gasteiger partial charge in [-0.25, -0.2) is 0 Å². The summed E-state index contributed by atoms with van der Waals surface area (Å²) in [5.41, 5.74) is 1.68. The molecule has 2 aliphatic rings. The van der Waals surface area contributed by atoms with Crippen molar-refractivity contribution in [1.82, 2.24) is 0 Å². The minimum atomic E-state index is -0.665. The predicted molar refractivity (Wildman–Crippen MR) is 95.8 cm³/mol. The largest absolute Gasteiger partial charge is 0.481 e. The standard InChI is InChI=1S/C18H23BrO2S/c19-16-12-14(18(17(20)21)8-2-1-3-9-18)4-5-15(16)13-6-10-22-11-7-13/h4-5,12-13H,1-3,6-11H2,(H,20,21). The Bertz CT molecular complexity index is 546. The normalized spacial score (nSPS) is 22.4. The van der Waals surface area contributed by atoms with Crippen LogP contribution < -0.4 is 0 Å². The van der Waals surface area contributed by atoms with Gasteiger partial charge in [-0.3, -0.25) is 4.79 Å². The van der Waals surface area contributed by atoms with Crippen LogP contribution >= 0.6 is 27.7 Å². The van der Waals surface area contributed by atoms with Gasteiger partial charge in [-0.2, -0.15) is 11.8 Å². The third kappa shape index (κ3) is 3.09. The van der Waals surface area contributed by atoms with Crippen LogP contribution in [-0.2, 0) is 10.2 Å². The van der Waals surface area contributed by atoms with Crippen molar-refractivity contribution >= 4 is 33.7 Å². The van der Waals surface area contributed by atoms with Gasteiger partial charge < -0.3 is 5.11 Å². The van der Waals surface area contributed by atoms with Crippen molar-refractivity contribution in [2.24, 2.45) is 0 Å². The molecule has 0 amide bonds. The Balaban J connectivity index is 1.91. The number of thioether (sulfide) groups is 1. The quantitative estimate of drug-likeness (QED) is 0.765. The van der Waals surface area contributed by atoms with Gasteiger partial charge in [-0.1, -0.05) is 47.3 Å². The summed E-state index contributed by atoms with van der Waals surface area (Å²) in [5, 5.41) is 9.83. The van der Waals surface area contributed by atoms with Crippen molar-refractivity contribution in [1.29, 1.82) is 0 Å². The monoisotopic (exact) mass is 382 g/mol.